The highest BCUT2D eigenvalue weighted by atomic mass is 35.5. The predicted molar refractivity (Wildman–Crippen MR) is 91.4 cm³/mol. The molecule has 0 bridgehead atoms. The molecule has 0 aliphatic rings. The summed E-state index contributed by atoms with van der Waals surface area (Å²) in [5, 5.41) is 10.9. The van der Waals surface area contributed by atoms with E-state index in [9.17, 15) is 5.26 Å². The largest absolute Gasteiger partial charge is 0.326 e. The summed E-state index contributed by atoms with van der Waals surface area (Å²) in [6.07, 6.45) is 0. The van der Waals surface area contributed by atoms with Gasteiger partial charge in [-0.1, -0.05) is 53.6 Å². The van der Waals surface area contributed by atoms with Crippen molar-refractivity contribution in [1.29, 1.82) is 5.26 Å². The fraction of sp³-hybridized carbons (Fsp3) is 0.211. The molecule has 0 radical (unpaired) electrons. The standard InChI is InChI=1S/C19H17ClN2/c1-12-4-7-15(8-5-12)11-22-18-14(3)13(2)6-9-16(18)17(10-21)19(22)20/h4-9H,11H2,1-3H3. The van der Waals surface area contributed by atoms with Crippen LogP contribution in [0, 0.1) is 32.1 Å². The van der Waals surface area contributed by atoms with Crippen LogP contribution in [0.3, 0.4) is 0 Å². The molecular formula is C19H17ClN2. The first kappa shape index (κ1) is 14.7. The Bertz CT molecular complexity index is 896. The van der Waals surface area contributed by atoms with Gasteiger partial charge >= 0.3 is 0 Å². The Kier molecular flexibility index (Phi) is 3.68. The van der Waals surface area contributed by atoms with Crippen molar-refractivity contribution in [2.24, 2.45) is 0 Å². The van der Waals surface area contributed by atoms with Crippen molar-refractivity contribution < 1.29 is 0 Å². The molecule has 0 fully saturated rings. The van der Waals surface area contributed by atoms with Gasteiger partial charge in [-0.25, -0.2) is 0 Å². The van der Waals surface area contributed by atoms with Crippen LogP contribution in [0.25, 0.3) is 10.9 Å². The Balaban J connectivity index is 2.24. The molecule has 0 unspecified atom stereocenters. The Hall–Kier alpha value is -2.24. The van der Waals surface area contributed by atoms with Crippen LogP contribution >= 0.6 is 11.6 Å². The zero-order chi connectivity index (χ0) is 15.9. The maximum absolute atomic E-state index is 9.44. The lowest BCUT2D eigenvalue weighted by atomic mass is 10.0. The van der Waals surface area contributed by atoms with Gasteiger partial charge in [0.2, 0.25) is 0 Å². The minimum Gasteiger partial charge on any atom is -0.326 e. The minimum absolute atomic E-state index is 0.520. The van der Waals surface area contributed by atoms with Crippen molar-refractivity contribution in [1.82, 2.24) is 4.57 Å². The topological polar surface area (TPSA) is 28.7 Å². The lowest BCUT2D eigenvalue weighted by molar-refractivity contribution is 0.833. The van der Waals surface area contributed by atoms with E-state index < -0.39 is 0 Å². The third-order valence-electron chi connectivity index (χ3n) is 4.26. The number of hydrogen-bond acceptors (Lipinski definition) is 1. The van der Waals surface area contributed by atoms with Gasteiger partial charge in [0.15, 0.2) is 0 Å². The van der Waals surface area contributed by atoms with E-state index in [1.807, 2.05) is 16.7 Å². The number of hydrogen-bond donors (Lipinski definition) is 0. The molecule has 2 aromatic carbocycles. The summed E-state index contributed by atoms with van der Waals surface area (Å²) in [7, 11) is 0. The normalized spacial score (nSPS) is 10.9. The molecule has 1 aromatic heterocycles. The molecule has 3 rings (SSSR count). The average Bonchev–Trinajstić information content (AvgIpc) is 2.78. The van der Waals surface area contributed by atoms with E-state index in [0.717, 1.165) is 10.9 Å². The summed E-state index contributed by atoms with van der Waals surface area (Å²) < 4.78 is 2.04. The second-order valence-electron chi connectivity index (χ2n) is 5.75. The zero-order valence-electron chi connectivity index (χ0n) is 12.9. The van der Waals surface area contributed by atoms with Crippen molar-refractivity contribution in [2.75, 3.05) is 0 Å². The molecule has 0 N–H and O–H groups in total. The van der Waals surface area contributed by atoms with Gasteiger partial charge in [-0.2, -0.15) is 5.26 Å². The molecule has 0 spiro atoms. The minimum atomic E-state index is 0.520. The van der Waals surface area contributed by atoms with Crippen LogP contribution in [-0.4, -0.2) is 4.57 Å². The van der Waals surface area contributed by atoms with Crippen molar-refractivity contribution in [3.8, 4) is 6.07 Å². The Morgan fingerprint density at radius 1 is 1.05 bits per heavy atom. The molecule has 0 saturated heterocycles. The van der Waals surface area contributed by atoms with Gasteiger partial charge in [0.1, 0.15) is 11.2 Å². The number of benzene rings is 2. The number of aryl methyl sites for hydroxylation is 3. The fourth-order valence-corrected chi connectivity index (χ4v) is 3.11. The zero-order valence-corrected chi connectivity index (χ0v) is 13.7. The molecule has 1 heterocycles. The van der Waals surface area contributed by atoms with E-state index in [4.69, 9.17) is 11.6 Å². The highest BCUT2D eigenvalue weighted by molar-refractivity contribution is 6.32. The Labute approximate surface area is 135 Å². The first-order chi connectivity index (χ1) is 10.5. The van der Waals surface area contributed by atoms with Crippen molar-refractivity contribution in [2.45, 2.75) is 27.3 Å². The molecule has 0 aliphatic heterocycles. The van der Waals surface area contributed by atoms with Crippen molar-refractivity contribution in [3.05, 3.63) is 69.4 Å². The van der Waals surface area contributed by atoms with E-state index in [0.29, 0.717) is 17.3 Å². The number of halogens is 1. The second-order valence-corrected chi connectivity index (χ2v) is 6.11. The number of fused-ring (bicyclic) bond motifs is 1. The number of nitriles is 1. The molecule has 0 saturated carbocycles. The smallest absolute Gasteiger partial charge is 0.128 e. The van der Waals surface area contributed by atoms with Gasteiger partial charge in [0.25, 0.3) is 0 Å². The molecular weight excluding hydrogens is 292 g/mol. The van der Waals surface area contributed by atoms with Crippen LogP contribution in [-0.2, 0) is 6.54 Å². The van der Waals surface area contributed by atoms with Crippen molar-refractivity contribution >= 4 is 22.5 Å². The maximum Gasteiger partial charge on any atom is 0.128 e. The van der Waals surface area contributed by atoms with Crippen LogP contribution in [0.15, 0.2) is 36.4 Å². The van der Waals surface area contributed by atoms with Gasteiger partial charge in [0.05, 0.1) is 11.1 Å². The summed E-state index contributed by atoms with van der Waals surface area (Å²) in [5.74, 6) is 0. The third kappa shape index (κ3) is 2.28. The fourth-order valence-electron chi connectivity index (χ4n) is 2.83. The first-order valence-electron chi connectivity index (χ1n) is 7.26. The SMILES string of the molecule is Cc1ccc(Cn2c(Cl)c(C#N)c3ccc(C)c(C)c32)cc1. The Morgan fingerprint density at radius 3 is 2.36 bits per heavy atom. The van der Waals surface area contributed by atoms with Crippen molar-refractivity contribution in [3.63, 3.8) is 0 Å². The van der Waals surface area contributed by atoms with Gasteiger partial charge in [-0.05, 0) is 37.5 Å². The highest BCUT2D eigenvalue weighted by Gasteiger charge is 2.18. The van der Waals surface area contributed by atoms with E-state index >= 15 is 0 Å². The van der Waals surface area contributed by atoms with Crippen LogP contribution in [0.4, 0.5) is 0 Å². The highest BCUT2D eigenvalue weighted by Crippen LogP contribution is 2.33. The average molecular weight is 309 g/mol. The van der Waals surface area contributed by atoms with E-state index in [-0.39, 0.29) is 0 Å². The molecule has 22 heavy (non-hydrogen) atoms. The van der Waals surface area contributed by atoms with Crippen LogP contribution < -0.4 is 0 Å². The Morgan fingerprint density at radius 2 is 1.73 bits per heavy atom. The summed E-state index contributed by atoms with van der Waals surface area (Å²) >= 11 is 6.50. The van der Waals surface area contributed by atoms with Crippen LogP contribution in [0.2, 0.25) is 5.15 Å². The van der Waals surface area contributed by atoms with Gasteiger partial charge < -0.3 is 4.57 Å². The third-order valence-corrected chi connectivity index (χ3v) is 4.65. The lowest BCUT2D eigenvalue weighted by Gasteiger charge is -2.11. The molecule has 3 heteroatoms. The molecule has 0 aliphatic carbocycles. The summed E-state index contributed by atoms with van der Waals surface area (Å²) in [6, 6.07) is 14.7. The van der Waals surface area contributed by atoms with Crippen LogP contribution in [0.5, 0.6) is 0 Å². The molecule has 3 aromatic rings. The van der Waals surface area contributed by atoms with Gasteiger partial charge in [-0.3, -0.25) is 0 Å². The lowest BCUT2D eigenvalue weighted by Crippen LogP contribution is -2.01. The maximum atomic E-state index is 9.44. The quantitative estimate of drug-likeness (QED) is 0.644. The molecule has 0 atom stereocenters. The number of nitrogens with zero attached hydrogens (tertiary/aromatic N) is 2. The molecule has 2 nitrogen and oxygen atoms in total. The monoisotopic (exact) mass is 308 g/mol. The second kappa shape index (κ2) is 5.51. The van der Waals surface area contributed by atoms with E-state index in [1.165, 1.54) is 22.3 Å². The first-order valence-corrected chi connectivity index (χ1v) is 7.64. The van der Waals surface area contributed by atoms with Gasteiger partial charge in [0, 0.05) is 11.9 Å². The van der Waals surface area contributed by atoms with Crippen LogP contribution in [0.1, 0.15) is 27.8 Å². The van der Waals surface area contributed by atoms with E-state index in [2.05, 4.69) is 51.1 Å². The number of rotatable bonds is 2. The molecule has 110 valence electrons. The summed E-state index contributed by atoms with van der Waals surface area (Å²) in [6.45, 7) is 6.91. The summed E-state index contributed by atoms with van der Waals surface area (Å²) in [4.78, 5) is 0. The number of aromatic nitrogens is 1. The summed E-state index contributed by atoms with van der Waals surface area (Å²) in [5.41, 5.74) is 6.41. The molecule has 0 amide bonds. The van der Waals surface area contributed by atoms with Gasteiger partial charge in [-0.15, -0.1) is 0 Å². The van der Waals surface area contributed by atoms with E-state index in [1.54, 1.807) is 0 Å². The predicted octanol–water partition coefficient (Wildman–Crippen LogP) is 5.14.